The van der Waals surface area contributed by atoms with Crippen molar-refractivity contribution in [3.05, 3.63) is 54.4 Å². The number of thioether (sulfide) groups is 1. The van der Waals surface area contributed by atoms with Gasteiger partial charge in [-0.05, 0) is 55.5 Å². The Morgan fingerprint density at radius 1 is 1.21 bits per heavy atom. The third-order valence-corrected chi connectivity index (χ3v) is 7.32. The minimum absolute atomic E-state index is 0.0232. The highest BCUT2D eigenvalue weighted by atomic mass is 32.2. The summed E-state index contributed by atoms with van der Waals surface area (Å²) in [4.78, 5) is 17.1. The largest absolute Gasteiger partial charge is 0.497 e. The number of carbonyl (C=O) groups excluding carboxylic acids is 1. The van der Waals surface area contributed by atoms with Gasteiger partial charge in [-0.15, -0.1) is 10.2 Å². The summed E-state index contributed by atoms with van der Waals surface area (Å²) in [6, 6.07) is 12.0. The molecule has 1 fully saturated rings. The number of rotatable bonds is 8. The number of amides is 1. The highest BCUT2D eigenvalue weighted by molar-refractivity contribution is 8.00. The lowest BCUT2D eigenvalue weighted by Gasteiger charge is -2.31. The zero-order valence-corrected chi connectivity index (χ0v) is 20.2. The molecule has 0 saturated heterocycles. The van der Waals surface area contributed by atoms with E-state index < -0.39 is 0 Å². The highest BCUT2D eigenvalue weighted by Gasteiger charge is 2.30. The molecular weight excluding hydrogens is 434 g/mol. The maximum Gasteiger partial charge on any atom is 0.233 e. The lowest BCUT2D eigenvalue weighted by atomic mass is 9.85. The van der Waals surface area contributed by atoms with E-state index in [-0.39, 0.29) is 11.2 Å². The number of pyridine rings is 1. The average Bonchev–Trinajstić information content (AvgIpc) is 3.26. The van der Waals surface area contributed by atoms with Crippen molar-refractivity contribution >= 4 is 17.7 Å². The molecule has 2 heterocycles. The van der Waals surface area contributed by atoms with Crippen molar-refractivity contribution in [2.45, 2.75) is 62.5 Å². The average molecular weight is 466 g/mol. The van der Waals surface area contributed by atoms with Crippen LogP contribution in [-0.2, 0) is 11.3 Å². The van der Waals surface area contributed by atoms with Crippen LogP contribution in [-0.4, -0.2) is 38.0 Å². The van der Waals surface area contributed by atoms with Crippen LogP contribution in [0, 0.1) is 5.92 Å². The fraction of sp³-hybridized carbons (Fsp3) is 0.440. The Bertz CT molecular complexity index is 1050. The molecule has 1 aromatic carbocycles. The maximum absolute atomic E-state index is 12.8. The van der Waals surface area contributed by atoms with Crippen molar-refractivity contribution in [2.24, 2.45) is 5.92 Å². The molecule has 1 aliphatic carbocycles. The molecule has 8 heteroatoms. The van der Waals surface area contributed by atoms with Crippen molar-refractivity contribution in [3.8, 4) is 17.1 Å². The molecule has 3 atom stereocenters. The predicted octanol–water partition coefficient (Wildman–Crippen LogP) is 4.90. The third-order valence-electron chi connectivity index (χ3n) is 6.26. The second kappa shape index (κ2) is 10.8. The first-order valence-electron chi connectivity index (χ1n) is 11.5. The van der Waals surface area contributed by atoms with Gasteiger partial charge in [0.2, 0.25) is 5.91 Å². The summed E-state index contributed by atoms with van der Waals surface area (Å²) in [5, 5.41) is 12.6. The summed E-state index contributed by atoms with van der Waals surface area (Å²) >= 11 is 1.47. The van der Waals surface area contributed by atoms with E-state index in [4.69, 9.17) is 4.74 Å². The molecule has 0 aliphatic heterocycles. The van der Waals surface area contributed by atoms with Gasteiger partial charge >= 0.3 is 0 Å². The number of methoxy groups -OCH3 is 1. The normalized spacial score (nSPS) is 19.1. The topological polar surface area (TPSA) is 81.9 Å². The van der Waals surface area contributed by atoms with E-state index in [1.807, 2.05) is 49.5 Å². The Morgan fingerprint density at radius 2 is 2.00 bits per heavy atom. The van der Waals surface area contributed by atoms with E-state index in [9.17, 15) is 4.79 Å². The van der Waals surface area contributed by atoms with Gasteiger partial charge in [0, 0.05) is 30.5 Å². The first-order valence-corrected chi connectivity index (χ1v) is 12.4. The number of nitrogens with zero attached hydrogens (tertiary/aromatic N) is 4. The molecule has 1 aliphatic rings. The minimum Gasteiger partial charge on any atom is -0.497 e. The summed E-state index contributed by atoms with van der Waals surface area (Å²) in [5.74, 6) is 2.14. The van der Waals surface area contributed by atoms with Gasteiger partial charge in [0.25, 0.3) is 0 Å². The van der Waals surface area contributed by atoms with Crippen LogP contribution >= 0.6 is 11.8 Å². The highest BCUT2D eigenvalue weighted by Crippen LogP contribution is 2.39. The molecule has 174 valence electrons. The first-order chi connectivity index (χ1) is 16.1. The Kier molecular flexibility index (Phi) is 7.65. The van der Waals surface area contributed by atoms with Crippen molar-refractivity contribution in [2.75, 3.05) is 7.11 Å². The number of benzene rings is 1. The lowest BCUT2D eigenvalue weighted by Crippen LogP contribution is -2.31. The second-order valence-corrected chi connectivity index (χ2v) is 9.88. The summed E-state index contributed by atoms with van der Waals surface area (Å²) in [6.45, 7) is 4.69. The van der Waals surface area contributed by atoms with Crippen LogP contribution in [0.1, 0.15) is 51.1 Å². The molecule has 4 rings (SSSR count). The van der Waals surface area contributed by atoms with E-state index in [2.05, 4.69) is 32.0 Å². The number of hydrogen-bond donors (Lipinski definition) is 1. The molecular formula is C25H31N5O2S. The molecule has 2 aromatic heterocycles. The van der Waals surface area contributed by atoms with Gasteiger partial charge in [0.05, 0.1) is 12.4 Å². The Hall–Kier alpha value is -2.87. The fourth-order valence-corrected chi connectivity index (χ4v) is 5.25. The fourth-order valence-electron chi connectivity index (χ4n) is 4.32. The SMILES string of the molecule is COc1ccc(CNC(=O)[C@H](C)Sc2nnc(-c3cccnc3)n2[C@@H]2CCCC[C@@H]2C)cc1. The smallest absolute Gasteiger partial charge is 0.233 e. The first kappa shape index (κ1) is 23.3. The number of nitrogens with one attached hydrogen (secondary N) is 1. The van der Waals surface area contributed by atoms with Crippen LogP contribution in [0.15, 0.2) is 53.9 Å². The van der Waals surface area contributed by atoms with Crippen LogP contribution in [0.2, 0.25) is 0 Å². The number of carbonyl (C=O) groups is 1. The van der Waals surface area contributed by atoms with Gasteiger partial charge in [0.15, 0.2) is 11.0 Å². The number of hydrogen-bond acceptors (Lipinski definition) is 6. The molecule has 7 nitrogen and oxygen atoms in total. The second-order valence-electron chi connectivity index (χ2n) is 8.57. The van der Waals surface area contributed by atoms with E-state index in [1.54, 1.807) is 13.3 Å². The van der Waals surface area contributed by atoms with Crippen molar-refractivity contribution < 1.29 is 9.53 Å². The molecule has 3 aromatic rings. The Morgan fingerprint density at radius 3 is 2.70 bits per heavy atom. The zero-order chi connectivity index (χ0) is 23.2. The quantitative estimate of drug-likeness (QED) is 0.477. The van der Waals surface area contributed by atoms with Crippen molar-refractivity contribution in [3.63, 3.8) is 0 Å². The zero-order valence-electron chi connectivity index (χ0n) is 19.4. The van der Waals surface area contributed by atoms with E-state index in [0.29, 0.717) is 18.5 Å². The van der Waals surface area contributed by atoms with Crippen LogP contribution in [0.4, 0.5) is 0 Å². The standard InChI is InChI=1S/C25H31N5O2S/c1-17-7-4-5-9-22(17)30-23(20-8-6-14-26-16-20)28-29-25(30)33-18(2)24(31)27-15-19-10-12-21(32-3)13-11-19/h6,8,10-14,16-18,22H,4-5,7,9,15H2,1-3H3,(H,27,31)/t17-,18-,22+/m0/s1. The molecule has 0 spiro atoms. The van der Waals surface area contributed by atoms with Gasteiger partial charge in [-0.25, -0.2) is 0 Å². The summed E-state index contributed by atoms with van der Waals surface area (Å²) in [6.07, 6.45) is 8.33. The van der Waals surface area contributed by atoms with Crippen LogP contribution in [0.5, 0.6) is 5.75 Å². The molecule has 1 N–H and O–H groups in total. The predicted molar refractivity (Wildman–Crippen MR) is 130 cm³/mol. The minimum atomic E-state index is -0.299. The van der Waals surface area contributed by atoms with Crippen LogP contribution in [0.3, 0.4) is 0 Å². The summed E-state index contributed by atoms with van der Waals surface area (Å²) < 4.78 is 7.44. The van der Waals surface area contributed by atoms with E-state index in [1.165, 1.54) is 31.0 Å². The van der Waals surface area contributed by atoms with E-state index >= 15 is 0 Å². The van der Waals surface area contributed by atoms with Crippen molar-refractivity contribution in [1.29, 1.82) is 0 Å². The van der Waals surface area contributed by atoms with Crippen molar-refractivity contribution in [1.82, 2.24) is 25.1 Å². The molecule has 33 heavy (non-hydrogen) atoms. The van der Waals surface area contributed by atoms with Gasteiger partial charge in [0.1, 0.15) is 5.75 Å². The Balaban J connectivity index is 1.50. The molecule has 0 radical (unpaired) electrons. The lowest BCUT2D eigenvalue weighted by molar-refractivity contribution is -0.120. The van der Waals surface area contributed by atoms with E-state index in [0.717, 1.165) is 34.3 Å². The third kappa shape index (κ3) is 5.55. The van der Waals surface area contributed by atoms with Gasteiger partial charge in [-0.2, -0.15) is 0 Å². The monoisotopic (exact) mass is 465 g/mol. The van der Waals surface area contributed by atoms with Crippen LogP contribution < -0.4 is 10.1 Å². The Labute approximate surface area is 199 Å². The molecule has 0 bridgehead atoms. The number of ether oxygens (including phenoxy) is 1. The van der Waals surface area contributed by atoms with Gasteiger partial charge in [-0.3, -0.25) is 14.3 Å². The summed E-state index contributed by atoms with van der Waals surface area (Å²) in [7, 11) is 1.64. The number of aromatic nitrogens is 4. The molecule has 1 amide bonds. The molecule has 0 unspecified atom stereocenters. The maximum atomic E-state index is 12.8. The van der Waals surface area contributed by atoms with Crippen LogP contribution in [0.25, 0.3) is 11.4 Å². The van der Waals surface area contributed by atoms with Gasteiger partial charge in [-0.1, -0.05) is 43.7 Å². The molecule has 1 saturated carbocycles. The summed E-state index contributed by atoms with van der Waals surface area (Å²) in [5.41, 5.74) is 1.98. The van der Waals surface area contributed by atoms with Gasteiger partial charge < -0.3 is 10.1 Å².